The average Bonchev–Trinajstić information content (AvgIpc) is 3.31. The maximum Gasteiger partial charge on any atom is 0.410 e. The minimum absolute atomic E-state index is 0.0811. The highest BCUT2D eigenvalue weighted by atomic mass is 35.5. The first-order valence-electron chi connectivity index (χ1n) is 12.6. The van der Waals surface area contributed by atoms with Gasteiger partial charge in [0.15, 0.2) is 20.8 Å². The number of ether oxygens (including phenoxy) is 1. The number of carbonyl (C=O) groups is 1. The van der Waals surface area contributed by atoms with Gasteiger partial charge in [-0.2, -0.15) is 0 Å². The lowest BCUT2D eigenvalue weighted by molar-refractivity contribution is 0.0198. The zero-order chi connectivity index (χ0) is 27.5. The second-order valence-electron chi connectivity index (χ2n) is 10.6. The summed E-state index contributed by atoms with van der Waals surface area (Å²) >= 11 is 7.41. The molecule has 0 saturated carbocycles. The summed E-state index contributed by atoms with van der Waals surface area (Å²) in [4.78, 5) is 23.9. The molecule has 0 spiro atoms. The lowest BCUT2D eigenvalue weighted by Crippen LogP contribution is -2.41. The van der Waals surface area contributed by atoms with E-state index in [1.807, 2.05) is 39.0 Å². The molecule has 1 aliphatic heterocycles. The first-order valence-corrected chi connectivity index (χ1v) is 16.0. The molecule has 11 heteroatoms. The molecule has 1 unspecified atom stereocenters. The van der Waals surface area contributed by atoms with E-state index in [1.54, 1.807) is 23.2 Å². The Labute approximate surface area is 233 Å². The predicted molar refractivity (Wildman–Crippen MR) is 149 cm³/mol. The van der Waals surface area contributed by atoms with Crippen LogP contribution in [0, 0.1) is 0 Å². The van der Waals surface area contributed by atoms with Crippen molar-refractivity contribution in [1.29, 1.82) is 0 Å². The molecule has 206 valence electrons. The van der Waals surface area contributed by atoms with Crippen LogP contribution in [-0.4, -0.2) is 54.3 Å². The number of nitrogens with zero attached hydrogens (tertiary/aromatic N) is 3. The molecular formula is C27H34ClN3O5S2. The van der Waals surface area contributed by atoms with Crippen molar-refractivity contribution in [3.63, 3.8) is 0 Å². The molecule has 1 fully saturated rings. The van der Waals surface area contributed by atoms with Gasteiger partial charge in [-0.15, -0.1) is 11.6 Å². The molecule has 0 aromatic carbocycles. The SMILES string of the molecule is CC(C)(C)OC(=O)N1CCC(c2nc(C3C=CC(S(C)(=O)=O)=CC3)c(SCc3ccc(CCl)cn3)o2)CC1. The van der Waals surface area contributed by atoms with Gasteiger partial charge in [0.2, 0.25) is 0 Å². The van der Waals surface area contributed by atoms with Gasteiger partial charge in [-0.1, -0.05) is 30.0 Å². The summed E-state index contributed by atoms with van der Waals surface area (Å²) in [6.07, 6.45) is 9.95. The normalized spacial score (nSPS) is 18.9. The Bertz CT molecular complexity index is 1310. The van der Waals surface area contributed by atoms with Gasteiger partial charge >= 0.3 is 6.09 Å². The van der Waals surface area contributed by atoms with Gasteiger partial charge in [0.05, 0.1) is 10.6 Å². The molecule has 0 bridgehead atoms. The standard InChI is InChI=1S/C27H34ClN3O5S2/c1-27(2,3)36-26(32)31-13-11-20(12-14-31)24-30-23(19-6-9-22(10-7-19)38(4,33)34)25(35-24)37-17-21-8-5-18(15-28)16-29-21/h5-6,8-10,16,19-20H,7,11-15,17H2,1-4H3. The van der Waals surface area contributed by atoms with E-state index in [4.69, 9.17) is 25.7 Å². The van der Waals surface area contributed by atoms with Gasteiger partial charge in [-0.25, -0.2) is 18.2 Å². The molecule has 8 nitrogen and oxygen atoms in total. The Morgan fingerprint density at radius 1 is 1.26 bits per heavy atom. The van der Waals surface area contributed by atoms with Crippen LogP contribution in [0.25, 0.3) is 0 Å². The molecule has 3 heterocycles. The number of alkyl halides is 1. The molecular weight excluding hydrogens is 546 g/mol. The number of thioether (sulfide) groups is 1. The molecule has 0 N–H and O–H groups in total. The summed E-state index contributed by atoms with van der Waals surface area (Å²) in [6.45, 7) is 6.73. The summed E-state index contributed by atoms with van der Waals surface area (Å²) in [5, 5.41) is 0.712. The minimum Gasteiger partial charge on any atom is -0.444 e. The summed E-state index contributed by atoms with van der Waals surface area (Å²) in [5.74, 6) is 1.66. The van der Waals surface area contributed by atoms with Crippen molar-refractivity contribution in [3.8, 4) is 0 Å². The molecule has 1 atom stereocenters. The number of likely N-dealkylation sites (tertiary alicyclic amines) is 1. The van der Waals surface area contributed by atoms with E-state index in [0.717, 1.165) is 29.8 Å². The zero-order valence-corrected chi connectivity index (χ0v) is 24.5. The largest absolute Gasteiger partial charge is 0.444 e. The number of aromatic nitrogens is 2. The van der Waals surface area contributed by atoms with Crippen LogP contribution in [0.5, 0.6) is 0 Å². The Morgan fingerprint density at radius 3 is 2.55 bits per heavy atom. The van der Waals surface area contributed by atoms with E-state index in [0.29, 0.717) is 47.0 Å². The van der Waals surface area contributed by atoms with E-state index in [-0.39, 0.29) is 17.9 Å². The van der Waals surface area contributed by atoms with Crippen LogP contribution in [-0.2, 0) is 26.2 Å². The van der Waals surface area contributed by atoms with E-state index >= 15 is 0 Å². The first-order chi connectivity index (χ1) is 17.9. The van der Waals surface area contributed by atoms with Gasteiger partial charge in [0, 0.05) is 49.0 Å². The van der Waals surface area contributed by atoms with Crippen LogP contribution >= 0.6 is 23.4 Å². The number of halogens is 1. The number of hydrogen-bond acceptors (Lipinski definition) is 8. The van der Waals surface area contributed by atoms with E-state index < -0.39 is 15.4 Å². The lowest BCUT2D eigenvalue weighted by Gasteiger charge is -2.32. The summed E-state index contributed by atoms with van der Waals surface area (Å²) in [5.41, 5.74) is 2.13. The summed E-state index contributed by atoms with van der Waals surface area (Å²) in [6, 6.07) is 3.91. The number of pyridine rings is 1. The zero-order valence-electron chi connectivity index (χ0n) is 22.1. The molecule has 0 radical (unpaired) electrons. The number of hydrogen-bond donors (Lipinski definition) is 0. The Hall–Kier alpha value is -2.30. The van der Waals surface area contributed by atoms with Crippen molar-refractivity contribution in [2.24, 2.45) is 0 Å². The third-order valence-electron chi connectivity index (χ3n) is 6.37. The smallest absolute Gasteiger partial charge is 0.410 e. The number of piperidine rings is 1. The first kappa shape index (κ1) is 28.7. The van der Waals surface area contributed by atoms with Crippen molar-refractivity contribution in [3.05, 3.63) is 64.3 Å². The monoisotopic (exact) mass is 579 g/mol. The molecule has 1 saturated heterocycles. The topological polar surface area (TPSA) is 103 Å². The van der Waals surface area contributed by atoms with Crippen molar-refractivity contribution in [1.82, 2.24) is 14.9 Å². The van der Waals surface area contributed by atoms with Crippen LogP contribution in [0.4, 0.5) is 4.79 Å². The quantitative estimate of drug-likeness (QED) is 0.283. The van der Waals surface area contributed by atoms with Crippen molar-refractivity contribution in [2.75, 3.05) is 19.3 Å². The molecule has 4 rings (SSSR count). The number of allylic oxidation sites excluding steroid dienone is 3. The molecule has 2 aliphatic rings. The van der Waals surface area contributed by atoms with Gasteiger partial charge in [0.1, 0.15) is 11.3 Å². The predicted octanol–water partition coefficient (Wildman–Crippen LogP) is 6.19. The number of amides is 1. The fourth-order valence-corrected chi connectivity index (χ4v) is 6.14. The maximum atomic E-state index is 12.5. The highest BCUT2D eigenvalue weighted by Crippen LogP contribution is 2.39. The Morgan fingerprint density at radius 2 is 2.00 bits per heavy atom. The molecule has 38 heavy (non-hydrogen) atoms. The van der Waals surface area contributed by atoms with Crippen molar-refractivity contribution < 1.29 is 22.4 Å². The highest BCUT2D eigenvalue weighted by molar-refractivity contribution is 7.98. The van der Waals surface area contributed by atoms with Gasteiger partial charge in [0.25, 0.3) is 0 Å². The van der Waals surface area contributed by atoms with Crippen LogP contribution in [0.1, 0.15) is 74.7 Å². The van der Waals surface area contributed by atoms with Crippen LogP contribution in [0.15, 0.2) is 51.0 Å². The number of sulfone groups is 1. The van der Waals surface area contributed by atoms with Gasteiger partial charge in [-0.3, -0.25) is 4.98 Å². The number of rotatable bonds is 7. The Balaban J connectivity index is 1.50. The minimum atomic E-state index is -3.26. The molecule has 2 aromatic heterocycles. The van der Waals surface area contributed by atoms with Gasteiger partial charge in [-0.05, 0) is 57.7 Å². The van der Waals surface area contributed by atoms with E-state index in [1.165, 1.54) is 18.0 Å². The third kappa shape index (κ3) is 7.42. The van der Waals surface area contributed by atoms with E-state index in [9.17, 15) is 13.2 Å². The fraction of sp³-hybridized carbons (Fsp3) is 0.519. The molecule has 1 amide bonds. The maximum absolute atomic E-state index is 12.5. The number of carbonyl (C=O) groups excluding carboxylic acids is 1. The van der Waals surface area contributed by atoms with Crippen LogP contribution < -0.4 is 0 Å². The lowest BCUT2D eigenvalue weighted by atomic mass is 9.96. The van der Waals surface area contributed by atoms with Crippen molar-refractivity contribution in [2.45, 2.75) is 74.2 Å². The van der Waals surface area contributed by atoms with Crippen LogP contribution in [0.2, 0.25) is 0 Å². The second-order valence-corrected chi connectivity index (χ2v) is 13.9. The van der Waals surface area contributed by atoms with Gasteiger partial charge < -0.3 is 14.1 Å². The Kier molecular flexibility index (Phi) is 8.94. The highest BCUT2D eigenvalue weighted by Gasteiger charge is 2.32. The summed E-state index contributed by atoms with van der Waals surface area (Å²) < 4.78 is 35.8. The van der Waals surface area contributed by atoms with E-state index in [2.05, 4.69) is 4.98 Å². The third-order valence-corrected chi connectivity index (χ3v) is 8.83. The van der Waals surface area contributed by atoms with Crippen LogP contribution in [0.3, 0.4) is 0 Å². The summed E-state index contributed by atoms with van der Waals surface area (Å²) in [7, 11) is -3.26. The molecule has 2 aromatic rings. The molecule has 1 aliphatic carbocycles. The number of oxazole rings is 1. The fourth-order valence-electron chi connectivity index (χ4n) is 4.32. The average molecular weight is 580 g/mol. The van der Waals surface area contributed by atoms with Crippen molar-refractivity contribution >= 4 is 39.3 Å². The second kappa shape index (κ2) is 11.8.